The zero-order valence-electron chi connectivity index (χ0n) is 11.2. The van der Waals surface area contributed by atoms with Crippen LogP contribution < -0.4 is 5.73 Å². The van der Waals surface area contributed by atoms with Gasteiger partial charge in [-0.15, -0.1) is 0 Å². The van der Waals surface area contributed by atoms with Crippen molar-refractivity contribution in [3.8, 4) is 0 Å². The molecule has 3 rings (SSSR count). The number of nitrogens with zero attached hydrogens (tertiary/aromatic N) is 2. The molecule has 20 heavy (non-hydrogen) atoms. The van der Waals surface area contributed by atoms with Crippen LogP contribution in [0.3, 0.4) is 0 Å². The van der Waals surface area contributed by atoms with Crippen LogP contribution in [0, 0.1) is 0 Å². The average Bonchev–Trinajstić information content (AvgIpc) is 2.98. The number of carbonyl (C=O) groups excluding carboxylic acids is 2. The van der Waals surface area contributed by atoms with Crippen LogP contribution in [-0.4, -0.2) is 21.3 Å². The van der Waals surface area contributed by atoms with Crippen molar-refractivity contribution in [2.75, 3.05) is 5.73 Å². The topological polar surface area (TPSA) is 68.3 Å². The van der Waals surface area contributed by atoms with Gasteiger partial charge >= 0.3 is 0 Å². The van der Waals surface area contributed by atoms with Gasteiger partial charge in [-0.25, -0.2) is 0 Å². The lowest BCUT2D eigenvalue weighted by Gasteiger charge is -2.15. The van der Waals surface area contributed by atoms with Gasteiger partial charge in [-0.2, -0.15) is 0 Å². The summed E-state index contributed by atoms with van der Waals surface area (Å²) >= 11 is 0. The third-order valence-corrected chi connectivity index (χ3v) is 3.62. The highest BCUT2D eigenvalue weighted by atomic mass is 16.2. The molecule has 2 aromatic rings. The number of amides is 2. The molecule has 0 fully saturated rings. The predicted molar refractivity (Wildman–Crippen MR) is 75.2 cm³/mol. The lowest BCUT2D eigenvalue weighted by atomic mass is 10.1. The van der Waals surface area contributed by atoms with E-state index in [0.29, 0.717) is 16.8 Å². The minimum atomic E-state index is -0.313. The monoisotopic (exact) mass is 269 g/mol. The number of hydrogen-bond acceptors (Lipinski definition) is 3. The molecule has 2 heterocycles. The SMILES string of the molecule is CCn1cccc1CN1C(=O)c2cccc(N)c2C1=O. The summed E-state index contributed by atoms with van der Waals surface area (Å²) in [4.78, 5) is 25.9. The summed E-state index contributed by atoms with van der Waals surface area (Å²) < 4.78 is 2.01. The molecule has 2 amide bonds. The summed E-state index contributed by atoms with van der Waals surface area (Å²) in [6, 6.07) is 8.80. The zero-order chi connectivity index (χ0) is 14.3. The fourth-order valence-electron chi connectivity index (χ4n) is 2.57. The Morgan fingerprint density at radius 3 is 2.60 bits per heavy atom. The number of aromatic nitrogens is 1. The van der Waals surface area contributed by atoms with Gasteiger partial charge in [-0.05, 0) is 31.2 Å². The van der Waals surface area contributed by atoms with Gasteiger partial charge in [0.2, 0.25) is 0 Å². The van der Waals surface area contributed by atoms with E-state index in [1.165, 1.54) is 4.90 Å². The molecule has 0 atom stereocenters. The maximum absolute atomic E-state index is 12.4. The van der Waals surface area contributed by atoms with E-state index in [1.54, 1.807) is 18.2 Å². The molecule has 1 aromatic heterocycles. The van der Waals surface area contributed by atoms with Gasteiger partial charge in [0, 0.05) is 24.1 Å². The van der Waals surface area contributed by atoms with Crippen LogP contribution in [0.4, 0.5) is 5.69 Å². The second kappa shape index (κ2) is 4.52. The lowest BCUT2D eigenvalue weighted by Crippen LogP contribution is -2.30. The molecule has 0 saturated heterocycles. The number of anilines is 1. The third-order valence-electron chi connectivity index (χ3n) is 3.62. The number of fused-ring (bicyclic) bond motifs is 1. The van der Waals surface area contributed by atoms with Crippen molar-refractivity contribution in [2.24, 2.45) is 0 Å². The van der Waals surface area contributed by atoms with Crippen LogP contribution >= 0.6 is 0 Å². The minimum absolute atomic E-state index is 0.270. The largest absolute Gasteiger partial charge is 0.398 e. The van der Waals surface area contributed by atoms with Crippen LogP contribution in [0.15, 0.2) is 36.5 Å². The third kappa shape index (κ3) is 1.71. The van der Waals surface area contributed by atoms with Gasteiger partial charge in [-0.1, -0.05) is 6.07 Å². The first-order valence-electron chi connectivity index (χ1n) is 6.52. The van der Waals surface area contributed by atoms with Crippen LogP contribution in [-0.2, 0) is 13.1 Å². The van der Waals surface area contributed by atoms with Gasteiger partial charge < -0.3 is 10.3 Å². The molecule has 2 N–H and O–H groups in total. The van der Waals surface area contributed by atoms with E-state index in [2.05, 4.69) is 0 Å². The molecule has 1 aliphatic heterocycles. The first-order valence-corrected chi connectivity index (χ1v) is 6.52. The van der Waals surface area contributed by atoms with Crippen LogP contribution in [0.5, 0.6) is 0 Å². The van der Waals surface area contributed by atoms with Gasteiger partial charge in [0.05, 0.1) is 17.7 Å². The van der Waals surface area contributed by atoms with E-state index in [0.717, 1.165) is 12.2 Å². The maximum atomic E-state index is 12.4. The number of benzene rings is 1. The van der Waals surface area contributed by atoms with Gasteiger partial charge in [-0.3, -0.25) is 14.5 Å². The van der Waals surface area contributed by atoms with Crippen molar-refractivity contribution in [1.29, 1.82) is 0 Å². The number of nitrogens with two attached hydrogens (primary N) is 1. The van der Waals surface area contributed by atoms with E-state index in [-0.39, 0.29) is 18.4 Å². The molecule has 0 radical (unpaired) electrons. The molecule has 0 bridgehead atoms. The number of rotatable bonds is 3. The summed E-state index contributed by atoms with van der Waals surface area (Å²) in [6.07, 6.45) is 1.93. The molecule has 1 aromatic carbocycles. The van der Waals surface area contributed by atoms with E-state index >= 15 is 0 Å². The molecular weight excluding hydrogens is 254 g/mol. The minimum Gasteiger partial charge on any atom is -0.398 e. The second-order valence-corrected chi connectivity index (χ2v) is 4.75. The first-order chi connectivity index (χ1) is 9.63. The molecular formula is C15H15N3O2. The second-order valence-electron chi connectivity index (χ2n) is 4.75. The van der Waals surface area contributed by atoms with E-state index in [4.69, 9.17) is 5.73 Å². The summed E-state index contributed by atoms with van der Waals surface area (Å²) in [5.74, 6) is -0.590. The van der Waals surface area contributed by atoms with E-state index < -0.39 is 0 Å². The lowest BCUT2D eigenvalue weighted by molar-refractivity contribution is 0.0639. The fraction of sp³-hybridized carbons (Fsp3) is 0.200. The highest BCUT2D eigenvalue weighted by molar-refractivity contribution is 6.23. The summed E-state index contributed by atoms with van der Waals surface area (Å²) in [5, 5.41) is 0. The van der Waals surface area contributed by atoms with Crippen molar-refractivity contribution in [3.05, 3.63) is 53.3 Å². The maximum Gasteiger partial charge on any atom is 0.264 e. The van der Waals surface area contributed by atoms with Crippen molar-refractivity contribution in [2.45, 2.75) is 20.0 Å². The van der Waals surface area contributed by atoms with E-state index in [9.17, 15) is 9.59 Å². The van der Waals surface area contributed by atoms with E-state index in [1.807, 2.05) is 29.8 Å². The first kappa shape index (κ1) is 12.5. The van der Waals surface area contributed by atoms with Gasteiger partial charge in [0.25, 0.3) is 11.8 Å². The average molecular weight is 269 g/mol. The highest BCUT2D eigenvalue weighted by Crippen LogP contribution is 2.28. The fourth-order valence-corrected chi connectivity index (χ4v) is 2.57. The molecule has 0 saturated carbocycles. The van der Waals surface area contributed by atoms with Crippen molar-refractivity contribution >= 4 is 17.5 Å². The zero-order valence-corrected chi connectivity index (χ0v) is 11.2. The van der Waals surface area contributed by atoms with Crippen molar-refractivity contribution in [3.63, 3.8) is 0 Å². The van der Waals surface area contributed by atoms with Crippen molar-refractivity contribution < 1.29 is 9.59 Å². The Morgan fingerprint density at radius 2 is 1.90 bits per heavy atom. The Labute approximate surface area is 116 Å². The number of nitrogen functional groups attached to an aromatic ring is 1. The molecule has 1 aliphatic rings. The summed E-state index contributed by atoms with van der Waals surface area (Å²) in [5.41, 5.74) is 7.82. The quantitative estimate of drug-likeness (QED) is 0.683. The molecule has 5 nitrogen and oxygen atoms in total. The smallest absolute Gasteiger partial charge is 0.264 e. The Kier molecular flexibility index (Phi) is 2.82. The predicted octanol–water partition coefficient (Wildman–Crippen LogP) is 1.89. The van der Waals surface area contributed by atoms with Crippen LogP contribution in [0.25, 0.3) is 0 Å². The summed E-state index contributed by atoms with van der Waals surface area (Å²) in [7, 11) is 0. The Bertz CT molecular complexity index is 703. The standard InChI is InChI=1S/C15H15N3O2/c1-2-17-8-4-5-10(17)9-18-14(19)11-6-3-7-12(16)13(11)15(18)20/h3-8H,2,9,16H2,1H3. The molecule has 0 aliphatic carbocycles. The highest BCUT2D eigenvalue weighted by Gasteiger charge is 2.37. The number of imide groups is 1. The number of hydrogen-bond donors (Lipinski definition) is 1. The Hall–Kier alpha value is -2.56. The normalized spacial score (nSPS) is 13.9. The molecule has 0 spiro atoms. The van der Waals surface area contributed by atoms with Crippen LogP contribution in [0.1, 0.15) is 33.3 Å². The number of aryl methyl sites for hydroxylation is 1. The summed E-state index contributed by atoms with van der Waals surface area (Å²) in [6.45, 7) is 3.09. The number of carbonyl (C=O) groups is 2. The van der Waals surface area contributed by atoms with Gasteiger partial charge in [0.15, 0.2) is 0 Å². The molecule has 102 valence electrons. The Balaban J connectivity index is 1.96. The van der Waals surface area contributed by atoms with Crippen molar-refractivity contribution in [1.82, 2.24) is 9.47 Å². The van der Waals surface area contributed by atoms with Gasteiger partial charge in [0.1, 0.15) is 0 Å². The Morgan fingerprint density at radius 1 is 1.10 bits per heavy atom. The molecule has 0 unspecified atom stereocenters. The molecule has 5 heteroatoms. The van der Waals surface area contributed by atoms with Crippen LogP contribution in [0.2, 0.25) is 0 Å².